The normalized spacial score (nSPS) is 13.2. The van der Waals surface area contributed by atoms with Gasteiger partial charge in [0, 0.05) is 29.3 Å². The van der Waals surface area contributed by atoms with E-state index in [4.69, 9.17) is 11.6 Å². The molecule has 1 unspecified atom stereocenters. The molecule has 0 spiro atoms. The molecule has 0 radical (unpaired) electrons. The maximum Gasteiger partial charge on any atom is 0.175 e. The lowest BCUT2D eigenvalue weighted by molar-refractivity contribution is 0.601. The van der Waals surface area contributed by atoms with Crippen LogP contribution in [0.1, 0.15) is 23.5 Å². The Kier molecular flexibility index (Phi) is 5.18. The van der Waals surface area contributed by atoms with Crippen molar-refractivity contribution in [3.63, 3.8) is 0 Å². The van der Waals surface area contributed by atoms with Gasteiger partial charge in [-0.05, 0) is 55.4 Å². The number of rotatable bonds is 6. The van der Waals surface area contributed by atoms with Gasteiger partial charge in [-0.2, -0.15) is 0 Å². The Bertz CT molecular complexity index is 978. The van der Waals surface area contributed by atoms with Crippen molar-refractivity contribution in [3.8, 4) is 0 Å². The summed E-state index contributed by atoms with van der Waals surface area (Å²) in [5, 5.41) is 4.93. The topological polar surface area (TPSA) is 62.0 Å². The molecule has 2 aromatic carbocycles. The van der Waals surface area contributed by atoms with Crippen molar-refractivity contribution < 1.29 is 8.42 Å². The molecule has 0 bridgehead atoms. The first-order valence-corrected chi connectivity index (χ1v) is 10.4. The van der Waals surface area contributed by atoms with Gasteiger partial charge in [-0.1, -0.05) is 29.8 Å². The average molecular weight is 377 g/mol. The van der Waals surface area contributed by atoms with Crippen LogP contribution in [-0.4, -0.2) is 33.2 Å². The molecule has 3 aromatic rings. The van der Waals surface area contributed by atoms with Crippen molar-refractivity contribution in [1.82, 2.24) is 10.3 Å². The van der Waals surface area contributed by atoms with Gasteiger partial charge in [0.05, 0.1) is 9.92 Å². The Morgan fingerprint density at radius 1 is 1.16 bits per heavy atom. The first-order chi connectivity index (χ1) is 11.9. The predicted octanol–water partition coefficient (Wildman–Crippen LogP) is 3.97. The third kappa shape index (κ3) is 3.73. The third-order valence-corrected chi connectivity index (χ3v) is 5.90. The summed E-state index contributed by atoms with van der Waals surface area (Å²) in [4.78, 5) is 3.62. The highest BCUT2D eigenvalue weighted by Crippen LogP contribution is 2.36. The predicted molar refractivity (Wildman–Crippen MR) is 103 cm³/mol. The van der Waals surface area contributed by atoms with Crippen molar-refractivity contribution in [3.05, 3.63) is 64.8 Å². The van der Waals surface area contributed by atoms with Gasteiger partial charge in [0.1, 0.15) is 0 Å². The molecule has 0 amide bonds. The fourth-order valence-electron chi connectivity index (χ4n) is 3.18. The smallest absolute Gasteiger partial charge is 0.175 e. The van der Waals surface area contributed by atoms with Crippen LogP contribution in [0.15, 0.2) is 53.6 Å². The summed E-state index contributed by atoms with van der Waals surface area (Å²) >= 11 is 6.44. The van der Waals surface area contributed by atoms with Crippen LogP contribution >= 0.6 is 11.6 Å². The van der Waals surface area contributed by atoms with Crippen molar-refractivity contribution >= 4 is 32.3 Å². The van der Waals surface area contributed by atoms with E-state index in [0.717, 1.165) is 40.0 Å². The molecule has 132 valence electrons. The van der Waals surface area contributed by atoms with E-state index in [1.165, 1.54) is 6.26 Å². The van der Waals surface area contributed by atoms with Gasteiger partial charge in [0.15, 0.2) is 9.84 Å². The minimum atomic E-state index is -3.20. The quantitative estimate of drug-likeness (QED) is 0.684. The van der Waals surface area contributed by atoms with Crippen LogP contribution < -0.4 is 5.32 Å². The number of fused-ring (bicyclic) bond motifs is 1. The van der Waals surface area contributed by atoms with Gasteiger partial charge in [-0.3, -0.25) is 0 Å². The van der Waals surface area contributed by atoms with Crippen LogP contribution in [0.4, 0.5) is 0 Å². The molecule has 0 aliphatic heterocycles. The summed E-state index contributed by atoms with van der Waals surface area (Å²) < 4.78 is 23.4. The SMILES string of the molecule is CNCCC(c1ccc(S(C)(=O)=O)cc1)c1c[nH]c2cccc(Cl)c12. The lowest BCUT2D eigenvalue weighted by atomic mass is 9.88. The first kappa shape index (κ1) is 18.0. The van der Waals surface area contributed by atoms with Crippen LogP contribution in [0.2, 0.25) is 5.02 Å². The molecule has 1 atom stereocenters. The van der Waals surface area contributed by atoms with Crippen molar-refractivity contribution in [2.45, 2.75) is 17.2 Å². The van der Waals surface area contributed by atoms with E-state index >= 15 is 0 Å². The Morgan fingerprint density at radius 3 is 2.52 bits per heavy atom. The van der Waals surface area contributed by atoms with E-state index < -0.39 is 9.84 Å². The zero-order valence-electron chi connectivity index (χ0n) is 14.2. The van der Waals surface area contributed by atoms with E-state index in [1.54, 1.807) is 12.1 Å². The molecule has 0 saturated heterocycles. The van der Waals surface area contributed by atoms with Gasteiger partial charge >= 0.3 is 0 Å². The van der Waals surface area contributed by atoms with Gasteiger partial charge in [0.25, 0.3) is 0 Å². The highest BCUT2D eigenvalue weighted by Gasteiger charge is 2.20. The van der Waals surface area contributed by atoms with Gasteiger partial charge in [0.2, 0.25) is 0 Å². The maximum absolute atomic E-state index is 11.7. The number of benzene rings is 2. The van der Waals surface area contributed by atoms with Crippen molar-refractivity contribution in [2.24, 2.45) is 0 Å². The summed E-state index contributed by atoms with van der Waals surface area (Å²) in [7, 11) is -1.27. The summed E-state index contributed by atoms with van der Waals surface area (Å²) in [5.41, 5.74) is 3.20. The molecule has 4 nitrogen and oxygen atoms in total. The molecule has 0 aliphatic carbocycles. The largest absolute Gasteiger partial charge is 0.361 e. The lowest BCUT2D eigenvalue weighted by Crippen LogP contribution is -2.13. The summed E-state index contributed by atoms with van der Waals surface area (Å²) in [6.45, 7) is 0.843. The van der Waals surface area contributed by atoms with Gasteiger partial charge in [-0.25, -0.2) is 8.42 Å². The van der Waals surface area contributed by atoms with Gasteiger partial charge in [-0.15, -0.1) is 0 Å². The molecular weight excluding hydrogens is 356 g/mol. The molecular formula is C19H21ClN2O2S. The summed E-state index contributed by atoms with van der Waals surface area (Å²) in [5.74, 6) is 0.120. The number of halogens is 1. The molecule has 25 heavy (non-hydrogen) atoms. The maximum atomic E-state index is 11.7. The fraction of sp³-hybridized carbons (Fsp3) is 0.263. The molecule has 2 N–H and O–H groups in total. The minimum Gasteiger partial charge on any atom is -0.361 e. The number of hydrogen-bond donors (Lipinski definition) is 2. The van der Waals surface area contributed by atoms with E-state index in [2.05, 4.69) is 10.3 Å². The Balaban J connectivity index is 2.08. The van der Waals surface area contributed by atoms with Crippen LogP contribution in [0.3, 0.4) is 0 Å². The van der Waals surface area contributed by atoms with Crippen molar-refractivity contribution in [1.29, 1.82) is 0 Å². The average Bonchev–Trinajstić information content (AvgIpc) is 3.00. The molecule has 1 heterocycles. The highest BCUT2D eigenvalue weighted by atomic mass is 35.5. The minimum absolute atomic E-state index is 0.120. The second-order valence-electron chi connectivity index (χ2n) is 6.19. The number of nitrogens with one attached hydrogen (secondary N) is 2. The van der Waals surface area contributed by atoms with E-state index in [-0.39, 0.29) is 5.92 Å². The Labute approximate surface area is 153 Å². The number of H-pyrrole nitrogens is 1. The van der Waals surface area contributed by atoms with E-state index in [1.807, 2.05) is 43.6 Å². The Morgan fingerprint density at radius 2 is 1.88 bits per heavy atom. The fourth-order valence-corrected chi connectivity index (χ4v) is 4.09. The van der Waals surface area contributed by atoms with Gasteiger partial charge < -0.3 is 10.3 Å². The highest BCUT2D eigenvalue weighted by molar-refractivity contribution is 7.90. The zero-order chi connectivity index (χ0) is 18.0. The van der Waals surface area contributed by atoms with Crippen LogP contribution in [0.25, 0.3) is 10.9 Å². The zero-order valence-corrected chi connectivity index (χ0v) is 15.8. The number of aromatic nitrogens is 1. The van der Waals surface area contributed by atoms with Crippen LogP contribution in [0, 0.1) is 0 Å². The number of hydrogen-bond acceptors (Lipinski definition) is 3. The number of sulfone groups is 1. The van der Waals surface area contributed by atoms with E-state index in [0.29, 0.717) is 4.90 Å². The molecule has 6 heteroatoms. The van der Waals surface area contributed by atoms with Crippen molar-refractivity contribution in [2.75, 3.05) is 19.8 Å². The summed E-state index contributed by atoms with van der Waals surface area (Å²) in [6, 6.07) is 13.0. The molecule has 3 rings (SSSR count). The second kappa shape index (κ2) is 7.20. The molecule has 0 aliphatic rings. The number of aromatic amines is 1. The third-order valence-electron chi connectivity index (χ3n) is 4.45. The van der Waals surface area contributed by atoms with Crippen LogP contribution in [0.5, 0.6) is 0 Å². The second-order valence-corrected chi connectivity index (χ2v) is 8.62. The molecule has 0 saturated carbocycles. The van der Waals surface area contributed by atoms with E-state index in [9.17, 15) is 8.42 Å². The first-order valence-electron chi connectivity index (χ1n) is 8.12. The molecule has 0 fully saturated rings. The monoisotopic (exact) mass is 376 g/mol. The summed E-state index contributed by atoms with van der Waals surface area (Å²) in [6.07, 6.45) is 4.11. The van der Waals surface area contributed by atoms with Crippen LogP contribution in [-0.2, 0) is 9.84 Å². The Hall–Kier alpha value is -1.82. The lowest BCUT2D eigenvalue weighted by Gasteiger charge is -2.18. The standard InChI is InChI=1S/C19H21ClN2O2S/c1-21-11-10-15(13-6-8-14(9-7-13)25(2,23)24)16-12-22-18-5-3-4-17(20)19(16)18/h3-9,12,15,21-22H,10-11H2,1-2H3. The molecule has 1 aromatic heterocycles.